The van der Waals surface area contributed by atoms with Gasteiger partial charge in [0.2, 0.25) is 5.91 Å². The van der Waals surface area contributed by atoms with Crippen LogP contribution in [-0.4, -0.2) is 40.1 Å². The van der Waals surface area contributed by atoms with E-state index in [2.05, 4.69) is 16.0 Å². The molecule has 216 valence electrons. The van der Waals surface area contributed by atoms with Gasteiger partial charge in [-0.2, -0.15) is 5.26 Å². The summed E-state index contributed by atoms with van der Waals surface area (Å²) in [4.78, 5) is 52.4. The molecular weight excluding hydrogens is 567 g/mol. The first kappa shape index (κ1) is 30.3. The predicted molar refractivity (Wildman–Crippen MR) is 160 cm³/mol. The topological polar surface area (TPSA) is 138 Å². The summed E-state index contributed by atoms with van der Waals surface area (Å²) >= 11 is 6.06. The molecule has 3 aromatic rings. The molecule has 10 nitrogen and oxygen atoms in total. The second kappa shape index (κ2) is 12.5. The van der Waals surface area contributed by atoms with E-state index in [4.69, 9.17) is 16.9 Å². The third kappa shape index (κ3) is 6.48. The molecule has 0 unspecified atom stereocenters. The van der Waals surface area contributed by atoms with Gasteiger partial charge >= 0.3 is 5.69 Å². The summed E-state index contributed by atoms with van der Waals surface area (Å²) in [6, 6.07) is 11.1. The number of nitrogens with zero attached hydrogens (tertiary/aromatic N) is 3. The van der Waals surface area contributed by atoms with Crippen molar-refractivity contribution in [1.82, 2.24) is 19.8 Å². The SMILES string of the molecule is CC(C)n1c(=O)n(CC2CC2)c(=O)c2cc(NC(=O)[C@H]3CNC[C@@H](NC(=O)c4ccc(C#N)c(Cl)c4)C3)ccc21.Cl. The van der Waals surface area contributed by atoms with E-state index < -0.39 is 5.92 Å². The van der Waals surface area contributed by atoms with Crippen LogP contribution >= 0.6 is 24.0 Å². The number of amides is 2. The van der Waals surface area contributed by atoms with Crippen molar-refractivity contribution in [2.75, 3.05) is 18.4 Å². The molecule has 2 amide bonds. The Labute approximate surface area is 248 Å². The zero-order valence-corrected chi connectivity index (χ0v) is 24.3. The lowest BCUT2D eigenvalue weighted by Crippen LogP contribution is -2.51. The first-order valence-corrected chi connectivity index (χ1v) is 13.8. The van der Waals surface area contributed by atoms with Gasteiger partial charge in [-0.3, -0.25) is 23.5 Å². The first-order valence-electron chi connectivity index (χ1n) is 13.5. The molecule has 0 spiro atoms. The van der Waals surface area contributed by atoms with Crippen LogP contribution in [0.15, 0.2) is 46.0 Å². The number of nitrogens with one attached hydrogen (secondary N) is 3. The minimum atomic E-state index is -0.421. The van der Waals surface area contributed by atoms with Gasteiger partial charge in [-0.05, 0) is 75.4 Å². The Morgan fingerprint density at radius 1 is 1.15 bits per heavy atom. The molecule has 2 aliphatic rings. The van der Waals surface area contributed by atoms with E-state index in [0.717, 1.165) is 12.8 Å². The summed E-state index contributed by atoms with van der Waals surface area (Å²) in [6.45, 7) is 5.16. The number of hydrogen-bond acceptors (Lipinski definition) is 6. The Morgan fingerprint density at radius 3 is 2.56 bits per heavy atom. The fraction of sp³-hybridized carbons (Fsp3) is 0.414. The summed E-state index contributed by atoms with van der Waals surface area (Å²) < 4.78 is 2.95. The molecule has 2 aromatic carbocycles. The molecule has 1 aliphatic heterocycles. The largest absolute Gasteiger partial charge is 0.348 e. The highest BCUT2D eigenvalue weighted by Gasteiger charge is 2.29. The van der Waals surface area contributed by atoms with Gasteiger partial charge in [-0.1, -0.05) is 11.6 Å². The van der Waals surface area contributed by atoms with Crippen LogP contribution in [0.4, 0.5) is 5.69 Å². The molecule has 2 atom stereocenters. The van der Waals surface area contributed by atoms with Crippen LogP contribution in [0.3, 0.4) is 0 Å². The maximum absolute atomic E-state index is 13.3. The molecule has 1 saturated carbocycles. The Balaban J connectivity index is 0.00000387. The van der Waals surface area contributed by atoms with Crippen molar-refractivity contribution in [3.05, 3.63) is 73.4 Å². The van der Waals surface area contributed by atoms with Crippen LogP contribution in [0.2, 0.25) is 5.02 Å². The van der Waals surface area contributed by atoms with E-state index in [1.807, 2.05) is 19.9 Å². The molecule has 12 heteroatoms. The fourth-order valence-electron chi connectivity index (χ4n) is 5.19. The number of carbonyl (C=O) groups excluding carboxylic acids is 2. The molecular formula is C29H32Cl2N6O4. The maximum atomic E-state index is 13.3. The molecule has 1 aliphatic carbocycles. The highest BCUT2D eigenvalue weighted by molar-refractivity contribution is 6.32. The van der Waals surface area contributed by atoms with Gasteiger partial charge in [0.1, 0.15) is 6.07 Å². The zero-order chi connectivity index (χ0) is 28.6. The third-order valence-electron chi connectivity index (χ3n) is 7.50. The van der Waals surface area contributed by atoms with E-state index in [0.29, 0.717) is 54.1 Å². The average Bonchev–Trinajstić information content (AvgIpc) is 3.75. The number of hydrogen-bond donors (Lipinski definition) is 3. The van der Waals surface area contributed by atoms with Crippen molar-refractivity contribution in [3.63, 3.8) is 0 Å². The van der Waals surface area contributed by atoms with E-state index in [1.165, 1.54) is 22.8 Å². The molecule has 3 N–H and O–H groups in total. The van der Waals surface area contributed by atoms with Crippen LogP contribution in [0.25, 0.3) is 10.9 Å². The van der Waals surface area contributed by atoms with Gasteiger partial charge in [-0.25, -0.2) is 4.79 Å². The number of aromatic nitrogens is 2. The van der Waals surface area contributed by atoms with E-state index in [1.54, 1.807) is 22.8 Å². The van der Waals surface area contributed by atoms with Crippen molar-refractivity contribution >= 4 is 52.4 Å². The second-order valence-corrected chi connectivity index (χ2v) is 11.3. The van der Waals surface area contributed by atoms with Crippen LogP contribution in [0.5, 0.6) is 0 Å². The number of fused-ring (bicyclic) bond motifs is 1. The molecule has 1 saturated heterocycles. The summed E-state index contributed by atoms with van der Waals surface area (Å²) in [6.07, 6.45) is 2.45. The van der Waals surface area contributed by atoms with Gasteiger partial charge in [0, 0.05) is 43.0 Å². The van der Waals surface area contributed by atoms with Crippen LogP contribution in [0, 0.1) is 23.2 Å². The summed E-state index contributed by atoms with van der Waals surface area (Å²) in [5.74, 6) is -0.641. The maximum Gasteiger partial charge on any atom is 0.331 e. The Bertz CT molecular complexity index is 1650. The lowest BCUT2D eigenvalue weighted by Gasteiger charge is -2.30. The smallest absolute Gasteiger partial charge is 0.331 e. The van der Waals surface area contributed by atoms with Crippen molar-refractivity contribution < 1.29 is 9.59 Å². The molecule has 0 bridgehead atoms. The van der Waals surface area contributed by atoms with Gasteiger partial charge in [0.15, 0.2) is 0 Å². The summed E-state index contributed by atoms with van der Waals surface area (Å²) in [5, 5.41) is 18.7. The van der Waals surface area contributed by atoms with Gasteiger partial charge in [-0.15, -0.1) is 12.4 Å². The van der Waals surface area contributed by atoms with Crippen molar-refractivity contribution in [2.24, 2.45) is 11.8 Å². The molecule has 1 aromatic heterocycles. The van der Waals surface area contributed by atoms with Gasteiger partial charge in [0.25, 0.3) is 11.5 Å². The standard InChI is InChI=1S/C29H31ClN6O4.ClH/c1-16(2)36-25-8-7-21(11-23(25)28(39)35(29(36)40)15-17-3-4-17)33-27(38)20-9-22(14-32-13-20)34-26(37)18-5-6-19(12-31)24(30)10-18;/h5-8,10-11,16-17,20,22,32H,3-4,9,13-15H2,1-2H3,(H,33,38)(H,34,37);1H/t20-,22+;/m1./s1. The number of anilines is 1. The van der Waals surface area contributed by atoms with Crippen molar-refractivity contribution in [2.45, 2.75) is 51.7 Å². The number of piperidine rings is 1. The fourth-order valence-corrected chi connectivity index (χ4v) is 5.41. The molecule has 2 fully saturated rings. The van der Waals surface area contributed by atoms with E-state index >= 15 is 0 Å². The normalized spacial score (nSPS) is 18.4. The highest BCUT2D eigenvalue weighted by atomic mass is 35.5. The highest BCUT2D eigenvalue weighted by Crippen LogP contribution is 2.30. The molecule has 0 radical (unpaired) electrons. The number of carbonyl (C=O) groups is 2. The van der Waals surface area contributed by atoms with Crippen molar-refractivity contribution in [1.29, 1.82) is 5.26 Å². The van der Waals surface area contributed by atoms with Crippen LogP contribution < -0.4 is 27.2 Å². The van der Waals surface area contributed by atoms with Gasteiger partial charge < -0.3 is 16.0 Å². The summed E-state index contributed by atoms with van der Waals surface area (Å²) in [5.41, 5.74) is 0.988. The minimum Gasteiger partial charge on any atom is -0.348 e. The van der Waals surface area contributed by atoms with Gasteiger partial charge in [0.05, 0.1) is 27.4 Å². The quantitative estimate of drug-likeness (QED) is 0.381. The Kier molecular flexibility index (Phi) is 9.22. The zero-order valence-electron chi connectivity index (χ0n) is 22.8. The second-order valence-electron chi connectivity index (χ2n) is 10.9. The Hall–Kier alpha value is -3.65. The van der Waals surface area contributed by atoms with Crippen LogP contribution in [-0.2, 0) is 11.3 Å². The number of halogens is 2. The number of benzene rings is 2. The lowest BCUT2D eigenvalue weighted by molar-refractivity contribution is -0.120. The first-order chi connectivity index (χ1) is 19.2. The monoisotopic (exact) mass is 598 g/mol. The summed E-state index contributed by atoms with van der Waals surface area (Å²) in [7, 11) is 0. The van der Waals surface area contributed by atoms with Crippen LogP contribution in [0.1, 0.15) is 55.1 Å². The van der Waals surface area contributed by atoms with Crippen molar-refractivity contribution in [3.8, 4) is 6.07 Å². The van der Waals surface area contributed by atoms with E-state index in [9.17, 15) is 19.2 Å². The molecule has 41 heavy (non-hydrogen) atoms. The third-order valence-corrected chi connectivity index (χ3v) is 7.81. The number of nitriles is 1. The number of rotatable bonds is 7. The van der Waals surface area contributed by atoms with E-state index in [-0.39, 0.29) is 58.1 Å². The molecule has 5 rings (SSSR count). The lowest BCUT2D eigenvalue weighted by atomic mass is 9.94. The molecule has 2 heterocycles. The predicted octanol–water partition coefficient (Wildman–Crippen LogP) is 3.45. The Morgan fingerprint density at radius 2 is 1.90 bits per heavy atom. The average molecular weight is 600 g/mol. The minimum absolute atomic E-state index is 0.